The van der Waals surface area contributed by atoms with Crippen LogP contribution in [0, 0.1) is 11.3 Å². The van der Waals surface area contributed by atoms with Gasteiger partial charge < -0.3 is 9.80 Å². The third-order valence-corrected chi connectivity index (χ3v) is 10.7. The number of anilines is 3. The first-order chi connectivity index (χ1) is 20.4. The third kappa shape index (κ3) is 5.68. The minimum Gasteiger partial charge on any atom is -0.370 e. The molecule has 220 valence electrons. The van der Waals surface area contributed by atoms with Gasteiger partial charge in [0.15, 0.2) is 6.29 Å². The van der Waals surface area contributed by atoms with E-state index < -0.39 is 0 Å². The van der Waals surface area contributed by atoms with Gasteiger partial charge in [-0.2, -0.15) is 17.0 Å². The van der Waals surface area contributed by atoms with Crippen LogP contribution in [0.3, 0.4) is 0 Å². The highest BCUT2D eigenvalue weighted by atomic mass is 32.2. The number of aromatic nitrogens is 2. The van der Waals surface area contributed by atoms with E-state index in [0.717, 1.165) is 56.6 Å². The number of nitrogens with zero attached hydrogens (tertiary/aromatic N) is 7. The summed E-state index contributed by atoms with van der Waals surface area (Å²) in [5.74, 6) is 2.08. The molecule has 0 aromatic carbocycles. The standard InChI is InChI=1S/C30H36N8O3S/c1-35-11-12-37(27(40)19-35)18-22-14-21-4-2-8-38(28(21)33-24(22)20-39)29(41)34-26-15-25(23(16-31)17-32-26)36-9-6-30(7-10-36)5-3-13-42-30/h14-15,17,20H,2-13,18-19H2,1H3,(H,32,34,41). The maximum atomic E-state index is 13.5. The van der Waals surface area contributed by atoms with Crippen molar-refractivity contribution in [2.24, 2.45) is 0 Å². The Hall–Kier alpha value is -3.69. The average Bonchev–Trinajstić information content (AvgIpc) is 3.45. The van der Waals surface area contributed by atoms with Gasteiger partial charge in [-0.25, -0.2) is 14.8 Å². The lowest BCUT2D eigenvalue weighted by atomic mass is 9.91. The number of carbonyl (C=O) groups excluding carboxylic acids is 3. The minimum absolute atomic E-state index is 0.0232. The van der Waals surface area contributed by atoms with E-state index in [-0.39, 0.29) is 17.6 Å². The van der Waals surface area contributed by atoms with E-state index in [1.54, 1.807) is 15.9 Å². The highest BCUT2D eigenvalue weighted by Gasteiger charge is 2.38. The van der Waals surface area contributed by atoms with Crippen LogP contribution in [0.25, 0.3) is 0 Å². The fraction of sp³-hybridized carbons (Fsp3) is 0.533. The monoisotopic (exact) mass is 588 g/mol. The van der Waals surface area contributed by atoms with Crippen LogP contribution in [0.1, 0.15) is 59.3 Å². The van der Waals surface area contributed by atoms with Crippen molar-refractivity contribution in [3.8, 4) is 6.07 Å². The molecule has 1 N–H and O–H groups in total. The number of rotatable bonds is 5. The SMILES string of the molecule is CN1CCN(Cc2cc3c(nc2C=O)N(C(=O)Nc2cc(N4CCC5(CCCS5)CC4)c(C#N)cn2)CCC3)C(=O)C1. The third-order valence-electron chi connectivity index (χ3n) is 8.94. The van der Waals surface area contributed by atoms with Gasteiger partial charge in [0.25, 0.3) is 0 Å². The van der Waals surface area contributed by atoms with Gasteiger partial charge in [0.2, 0.25) is 5.91 Å². The fourth-order valence-electron chi connectivity index (χ4n) is 6.53. The number of likely N-dealkylation sites (N-methyl/N-ethyl adjacent to an activating group) is 1. The molecular weight excluding hydrogens is 552 g/mol. The minimum atomic E-state index is -0.384. The summed E-state index contributed by atoms with van der Waals surface area (Å²) in [5, 5.41) is 12.7. The number of piperazine rings is 1. The van der Waals surface area contributed by atoms with Crippen LogP contribution in [-0.4, -0.2) is 94.8 Å². The molecule has 0 aliphatic carbocycles. The second-order valence-electron chi connectivity index (χ2n) is 11.7. The first kappa shape index (κ1) is 28.4. The largest absolute Gasteiger partial charge is 0.370 e. The summed E-state index contributed by atoms with van der Waals surface area (Å²) in [4.78, 5) is 54.6. The number of thioether (sulfide) groups is 1. The molecule has 2 aromatic rings. The predicted molar refractivity (Wildman–Crippen MR) is 162 cm³/mol. The number of aryl methyl sites for hydroxylation is 1. The number of piperidine rings is 1. The number of hydrogen-bond donors (Lipinski definition) is 1. The van der Waals surface area contributed by atoms with Crippen molar-refractivity contribution in [1.82, 2.24) is 19.8 Å². The molecule has 11 nitrogen and oxygen atoms in total. The van der Waals surface area contributed by atoms with E-state index in [9.17, 15) is 19.6 Å². The van der Waals surface area contributed by atoms with E-state index in [1.165, 1.54) is 24.8 Å². The van der Waals surface area contributed by atoms with Crippen LogP contribution in [0.4, 0.5) is 22.1 Å². The van der Waals surface area contributed by atoms with E-state index in [1.807, 2.05) is 18.0 Å². The second kappa shape index (κ2) is 11.9. The number of nitriles is 1. The lowest BCUT2D eigenvalue weighted by Crippen LogP contribution is -2.48. The van der Waals surface area contributed by atoms with Crippen molar-refractivity contribution in [1.29, 1.82) is 5.26 Å². The maximum absolute atomic E-state index is 13.5. The summed E-state index contributed by atoms with van der Waals surface area (Å²) in [6, 6.07) is 5.59. The molecule has 0 atom stereocenters. The number of hydrogen-bond acceptors (Lipinski definition) is 9. The molecule has 0 radical (unpaired) electrons. The molecule has 6 rings (SSSR count). The molecule has 42 heavy (non-hydrogen) atoms. The molecule has 4 aliphatic heterocycles. The van der Waals surface area contributed by atoms with Crippen molar-refractivity contribution in [3.05, 3.63) is 40.7 Å². The molecule has 1 spiro atoms. The Balaban J connectivity index is 1.19. The Morgan fingerprint density at radius 3 is 2.71 bits per heavy atom. The Bertz CT molecular complexity index is 1430. The zero-order valence-electron chi connectivity index (χ0n) is 24.0. The van der Waals surface area contributed by atoms with Crippen molar-refractivity contribution in [3.63, 3.8) is 0 Å². The van der Waals surface area contributed by atoms with Crippen LogP contribution in [0.5, 0.6) is 0 Å². The zero-order chi connectivity index (χ0) is 29.3. The van der Waals surface area contributed by atoms with Crippen molar-refractivity contribution in [2.45, 2.75) is 49.8 Å². The van der Waals surface area contributed by atoms with Gasteiger partial charge in [-0.3, -0.25) is 24.7 Å². The number of urea groups is 1. The number of pyridine rings is 2. The summed E-state index contributed by atoms with van der Waals surface area (Å²) >= 11 is 2.09. The van der Waals surface area contributed by atoms with Crippen LogP contribution in [0.2, 0.25) is 0 Å². The lowest BCUT2D eigenvalue weighted by molar-refractivity contribution is -0.136. The van der Waals surface area contributed by atoms with Crippen molar-refractivity contribution >= 4 is 47.3 Å². The van der Waals surface area contributed by atoms with Gasteiger partial charge in [-0.05, 0) is 63.0 Å². The summed E-state index contributed by atoms with van der Waals surface area (Å²) in [7, 11) is 1.91. The molecule has 3 amide bonds. The number of aldehydes is 1. The second-order valence-corrected chi connectivity index (χ2v) is 13.3. The highest BCUT2D eigenvalue weighted by Crippen LogP contribution is 2.46. The molecule has 12 heteroatoms. The van der Waals surface area contributed by atoms with Crippen LogP contribution < -0.4 is 15.1 Å². The van der Waals surface area contributed by atoms with Gasteiger partial charge in [0, 0.05) is 61.8 Å². The summed E-state index contributed by atoms with van der Waals surface area (Å²) in [6.45, 7) is 4.24. The van der Waals surface area contributed by atoms with Crippen molar-refractivity contribution in [2.75, 3.05) is 67.2 Å². The predicted octanol–water partition coefficient (Wildman–Crippen LogP) is 3.29. The van der Waals surface area contributed by atoms with Crippen LogP contribution in [0.15, 0.2) is 18.3 Å². The van der Waals surface area contributed by atoms with Gasteiger partial charge in [-0.1, -0.05) is 0 Å². The molecule has 3 fully saturated rings. The molecule has 0 saturated carbocycles. The molecule has 0 unspecified atom stereocenters. The molecule has 0 bridgehead atoms. The highest BCUT2D eigenvalue weighted by molar-refractivity contribution is 8.00. The molecule has 3 saturated heterocycles. The molecule has 6 heterocycles. The molecular formula is C30H36N8O3S. The first-order valence-electron chi connectivity index (χ1n) is 14.7. The first-order valence-corrected chi connectivity index (χ1v) is 15.7. The van der Waals surface area contributed by atoms with Gasteiger partial charge in [0.05, 0.1) is 17.8 Å². The average molecular weight is 589 g/mol. The molecule has 4 aliphatic rings. The topological polar surface area (TPSA) is 126 Å². The Kier molecular flexibility index (Phi) is 8.05. The van der Waals surface area contributed by atoms with Crippen molar-refractivity contribution < 1.29 is 14.4 Å². The Labute approximate surface area is 250 Å². The smallest absolute Gasteiger partial charge is 0.328 e. The summed E-state index contributed by atoms with van der Waals surface area (Å²) in [5.41, 5.74) is 3.10. The van der Waals surface area contributed by atoms with E-state index >= 15 is 0 Å². The number of nitrogens with one attached hydrogen (secondary N) is 1. The van der Waals surface area contributed by atoms with Gasteiger partial charge in [-0.15, -0.1) is 0 Å². The van der Waals surface area contributed by atoms with Gasteiger partial charge >= 0.3 is 6.03 Å². The number of fused-ring (bicyclic) bond motifs is 1. The number of carbonyl (C=O) groups is 3. The van der Waals surface area contributed by atoms with Crippen LogP contribution in [-0.2, 0) is 17.8 Å². The van der Waals surface area contributed by atoms with E-state index in [2.05, 4.69) is 38.0 Å². The Morgan fingerprint density at radius 1 is 1.17 bits per heavy atom. The van der Waals surface area contributed by atoms with E-state index in [4.69, 9.17) is 0 Å². The normalized spacial score (nSPS) is 20.4. The summed E-state index contributed by atoms with van der Waals surface area (Å²) < 4.78 is 0.377. The molecule has 2 aromatic heterocycles. The summed E-state index contributed by atoms with van der Waals surface area (Å²) in [6.07, 6.45) is 8.42. The zero-order valence-corrected chi connectivity index (χ0v) is 24.8. The lowest BCUT2D eigenvalue weighted by Gasteiger charge is -2.40. The van der Waals surface area contributed by atoms with E-state index in [0.29, 0.717) is 60.0 Å². The number of amides is 3. The fourth-order valence-corrected chi connectivity index (χ4v) is 8.01. The Morgan fingerprint density at radius 2 is 2.00 bits per heavy atom. The maximum Gasteiger partial charge on any atom is 0.328 e. The van der Waals surface area contributed by atoms with Crippen LogP contribution >= 0.6 is 11.8 Å². The quantitative estimate of drug-likeness (QED) is 0.524. The van der Waals surface area contributed by atoms with Gasteiger partial charge in [0.1, 0.15) is 23.4 Å².